The molecule has 0 aliphatic heterocycles. The first kappa shape index (κ1) is 15.3. The van der Waals surface area contributed by atoms with E-state index in [2.05, 4.69) is 53.5 Å². The lowest BCUT2D eigenvalue weighted by molar-refractivity contribution is -0.873. The summed E-state index contributed by atoms with van der Waals surface area (Å²) in [6.07, 6.45) is 3.58. The van der Waals surface area contributed by atoms with Crippen molar-refractivity contribution in [2.45, 2.75) is 33.2 Å². The van der Waals surface area contributed by atoms with Gasteiger partial charge in [-0.15, -0.1) is 0 Å². The highest BCUT2D eigenvalue weighted by Gasteiger charge is 2.55. The van der Waals surface area contributed by atoms with E-state index in [4.69, 9.17) is 0 Å². The van der Waals surface area contributed by atoms with Crippen LogP contribution in [0.5, 0.6) is 0 Å². The normalized spacial score (nSPS) is 29.5. The van der Waals surface area contributed by atoms with E-state index < -0.39 is 0 Å². The molecule has 2 nitrogen and oxygen atoms in total. The van der Waals surface area contributed by atoms with Gasteiger partial charge in [-0.1, -0.05) is 20.8 Å². The van der Waals surface area contributed by atoms with Crippen LogP contribution in [0.2, 0.25) is 0 Å². The Morgan fingerprint density at radius 2 is 1.76 bits per heavy atom. The largest absolute Gasteiger partial charge is 0.319 e. The molecule has 3 heteroatoms. The third kappa shape index (κ3) is 4.80. The van der Waals surface area contributed by atoms with Crippen molar-refractivity contribution in [1.82, 2.24) is 5.32 Å². The Morgan fingerprint density at radius 1 is 1.18 bits per heavy atom. The van der Waals surface area contributed by atoms with Gasteiger partial charge in [-0.2, -0.15) is 11.8 Å². The maximum absolute atomic E-state index is 3.78. The second-order valence-corrected chi connectivity index (χ2v) is 8.50. The smallest absolute Gasteiger partial charge is 0.132 e. The molecule has 3 unspecified atom stereocenters. The second kappa shape index (κ2) is 5.50. The Kier molecular flexibility index (Phi) is 4.96. The fourth-order valence-corrected chi connectivity index (χ4v) is 3.33. The van der Waals surface area contributed by atoms with Crippen molar-refractivity contribution in [2.75, 3.05) is 39.8 Å². The summed E-state index contributed by atoms with van der Waals surface area (Å²) in [6, 6.07) is 0.750. The number of quaternary nitrogens is 1. The molecule has 17 heavy (non-hydrogen) atoms. The van der Waals surface area contributed by atoms with Crippen LogP contribution in [0.4, 0.5) is 0 Å². The molecular weight excluding hydrogens is 228 g/mol. The molecule has 1 fully saturated rings. The third-order valence-corrected chi connectivity index (χ3v) is 4.27. The Hall–Kier alpha value is 0.270. The van der Waals surface area contributed by atoms with Crippen LogP contribution in [0.3, 0.4) is 0 Å². The molecule has 1 N–H and O–H groups in total. The SMILES string of the molecule is CSCCC1C(NC[N+](C)(C)C)C1C(C)(C)C. The highest BCUT2D eigenvalue weighted by molar-refractivity contribution is 7.98. The van der Waals surface area contributed by atoms with Gasteiger partial charge in [0.05, 0.1) is 21.1 Å². The lowest BCUT2D eigenvalue weighted by Gasteiger charge is -2.25. The fourth-order valence-electron chi connectivity index (χ4n) is 2.83. The van der Waals surface area contributed by atoms with Crippen LogP contribution in [-0.2, 0) is 0 Å². The fraction of sp³-hybridized carbons (Fsp3) is 1.00. The van der Waals surface area contributed by atoms with E-state index in [-0.39, 0.29) is 0 Å². The van der Waals surface area contributed by atoms with Gasteiger partial charge in [-0.3, -0.25) is 5.32 Å². The molecule has 0 radical (unpaired) electrons. The molecule has 0 aromatic rings. The number of nitrogens with one attached hydrogen (secondary N) is 1. The van der Waals surface area contributed by atoms with Gasteiger partial charge in [0.1, 0.15) is 6.67 Å². The molecule has 0 amide bonds. The summed E-state index contributed by atoms with van der Waals surface area (Å²) in [6.45, 7) is 8.24. The summed E-state index contributed by atoms with van der Waals surface area (Å²) in [5.74, 6) is 3.06. The minimum Gasteiger partial charge on any atom is -0.319 e. The van der Waals surface area contributed by atoms with E-state index in [1.54, 1.807) is 0 Å². The van der Waals surface area contributed by atoms with Gasteiger partial charge < -0.3 is 4.48 Å². The molecule has 1 aliphatic carbocycles. The van der Waals surface area contributed by atoms with Gasteiger partial charge in [-0.05, 0) is 35.7 Å². The molecule has 0 aromatic heterocycles. The summed E-state index contributed by atoms with van der Waals surface area (Å²) >= 11 is 1.98. The third-order valence-electron chi connectivity index (χ3n) is 3.63. The molecule has 0 heterocycles. The van der Waals surface area contributed by atoms with Gasteiger partial charge in [-0.25, -0.2) is 0 Å². The van der Waals surface area contributed by atoms with Crippen LogP contribution < -0.4 is 5.32 Å². The van der Waals surface area contributed by atoms with E-state index >= 15 is 0 Å². The summed E-state index contributed by atoms with van der Waals surface area (Å²) in [7, 11) is 6.75. The average Bonchev–Trinajstić information content (AvgIpc) is 2.83. The number of hydrogen-bond donors (Lipinski definition) is 1. The zero-order chi connectivity index (χ0) is 13.3. The molecule has 102 valence electrons. The summed E-state index contributed by atoms with van der Waals surface area (Å²) in [5.41, 5.74) is 0.450. The molecule has 0 bridgehead atoms. The first-order valence-corrected chi connectivity index (χ1v) is 8.09. The molecule has 0 saturated heterocycles. The molecule has 1 saturated carbocycles. The van der Waals surface area contributed by atoms with Gasteiger partial charge in [0.25, 0.3) is 0 Å². The highest BCUT2D eigenvalue weighted by atomic mass is 32.2. The topological polar surface area (TPSA) is 12.0 Å². The Balaban J connectivity index is 2.46. The van der Waals surface area contributed by atoms with Crippen LogP contribution in [0.1, 0.15) is 27.2 Å². The van der Waals surface area contributed by atoms with E-state index in [0.29, 0.717) is 5.41 Å². The monoisotopic (exact) mass is 259 g/mol. The summed E-state index contributed by atoms with van der Waals surface area (Å²) < 4.78 is 1.00. The molecule has 1 rings (SSSR count). The Bertz CT molecular complexity index is 240. The van der Waals surface area contributed by atoms with Gasteiger partial charge in [0.15, 0.2) is 0 Å². The van der Waals surface area contributed by atoms with Crippen LogP contribution in [0.15, 0.2) is 0 Å². The van der Waals surface area contributed by atoms with Gasteiger partial charge in [0.2, 0.25) is 0 Å². The van der Waals surface area contributed by atoms with E-state index in [1.165, 1.54) is 12.2 Å². The van der Waals surface area contributed by atoms with Crippen molar-refractivity contribution >= 4 is 11.8 Å². The Morgan fingerprint density at radius 3 is 2.18 bits per heavy atom. The Labute approximate surface area is 112 Å². The summed E-state index contributed by atoms with van der Waals surface area (Å²) in [5, 5.41) is 3.78. The predicted molar refractivity (Wildman–Crippen MR) is 79.3 cm³/mol. The minimum atomic E-state index is 0.450. The lowest BCUT2D eigenvalue weighted by Crippen LogP contribution is -2.44. The van der Waals surface area contributed by atoms with Crippen LogP contribution >= 0.6 is 11.8 Å². The van der Waals surface area contributed by atoms with Crippen molar-refractivity contribution in [3.8, 4) is 0 Å². The highest BCUT2D eigenvalue weighted by Crippen LogP contribution is 2.52. The number of hydrogen-bond acceptors (Lipinski definition) is 2. The van der Waals surface area contributed by atoms with Crippen molar-refractivity contribution < 1.29 is 4.48 Å². The van der Waals surface area contributed by atoms with Crippen LogP contribution in [0, 0.1) is 17.3 Å². The van der Waals surface area contributed by atoms with E-state index in [1.807, 2.05) is 11.8 Å². The van der Waals surface area contributed by atoms with Gasteiger partial charge in [0, 0.05) is 6.04 Å². The summed E-state index contributed by atoms with van der Waals surface area (Å²) in [4.78, 5) is 0. The van der Waals surface area contributed by atoms with Crippen molar-refractivity contribution in [3.05, 3.63) is 0 Å². The quantitative estimate of drug-likeness (QED) is 0.581. The first-order chi connectivity index (χ1) is 7.67. The first-order valence-electron chi connectivity index (χ1n) is 6.69. The van der Waals surface area contributed by atoms with Gasteiger partial charge >= 0.3 is 0 Å². The lowest BCUT2D eigenvalue weighted by atomic mass is 9.88. The van der Waals surface area contributed by atoms with Crippen molar-refractivity contribution in [3.63, 3.8) is 0 Å². The second-order valence-electron chi connectivity index (χ2n) is 7.52. The van der Waals surface area contributed by atoms with Crippen molar-refractivity contribution in [1.29, 1.82) is 0 Å². The van der Waals surface area contributed by atoms with Crippen LogP contribution in [-0.4, -0.2) is 50.3 Å². The molecule has 1 aliphatic rings. The standard InChI is InChI=1S/C14H31N2S/c1-14(2,3)12-11(8-9-17-7)13(12)15-10-16(4,5)6/h11-13,15H,8-10H2,1-7H3/q+1. The molecule has 0 aromatic carbocycles. The number of nitrogens with zero attached hydrogens (tertiary/aromatic N) is 1. The predicted octanol–water partition coefficient (Wildman–Crippen LogP) is 2.65. The van der Waals surface area contributed by atoms with Crippen LogP contribution in [0.25, 0.3) is 0 Å². The zero-order valence-electron chi connectivity index (χ0n) is 12.7. The number of thioether (sulfide) groups is 1. The van der Waals surface area contributed by atoms with E-state index in [9.17, 15) is 0 Å². The minimum absolute atomic E-state index is 0.450. The molecule has 3 atom stereocenters. The zero-order valence-corrected chi connectivity index (χ0v) is 13.5. The maximum atomic E-state index is 3.78. The van der Waals surface area contributed by atoms with Crippen molar-refractivity contribution in [2.24, 2.45) is 17.3 Å². The maximum Gasteiger partial charge on any atom is 0.132 e. The average molecular weight is 259 g/mol. The molecule has 0 spiro atoms. The van der Waals surface area contributed by atoms with E-state index in [0.717, 1.165) is 29.0 Å². The molecular formula is C14H31N2S+. The number of rotatable bonds is 6.